The molecule has 5 heterocycles. The van der Waals surface area contributed by atoms with Gasteiger partial charge in [0.05, 0.1) is 12.6 Å². The Morgan fingerprint density at radius 1 is 1.25 bits per heavy atom. The van der Waals surface area contributed by atoms with E-state index >= 15 is 0 Å². The van der Waals surface area contributed by atoms with Gasteiger partial charge in [-0.15, -0.1) is 0 Å². The summed E-state index contributed by atoms with van der Waals surface area (Å²) in [6, 6.07) is 4.54. The van der Waals surface area contributed by atoms with Crippen molar-refractivity contribution >= 4 is 23.2 Å². The second kappa shape index (κ2) is 7.29. The van der Waals surface area contributed by atoms with Crippen molar-refractivity contribution in [3.63, 3.8) is 0 Å². The Balaban J connectivity index is 1.15. The Bertz CT molecular complexity index is 819. The quantitative estimate of drug-likeness (QED) is 0.827. The molecule has 5 rings (SSSR count). The number of hydrogen-bond acceptors (Lipinski definition) is 7. The number of hydrogen-bond donors (Lipinski definition) is 1. The first-order chi connectivity index (χ1) is 13.7. The molecule has 2 aromatic heterocycles. The van der Waals surface area contributed by atoms with Gasteiger partial charge in [-0.2, -0.15) is 4.98 Å². The lowest BCUT2D eigenvalue weighted by atomic mass is 10.1. The van der Waals surface area contributed by atoms with E-state index in [1.807, 2.05) is 12.1 Å². The molecule has 9 heteroatoms. The molecule has 3 aliphatic rings. The lowest BCUT2D eigenvalue weighted by Gasteiger charge is -2.37. The maximum absolute atomic E-state index is 13.4. The van der Waals surface area contributed by atoms with Crippen molar-refractivity contribution < 1.29 is 13.6 Å². The Labute approximate surface area is 162 Å². The fourth-order valence-electron chi connectivity index (χ4n) is 4.49. The van der Waals surface area contributed by atoms with Crippen molar-refractivity contribution in [3.05, 3.63) is 18.3 Å². The summed E-state index contributed by atoms with van der Waals surface area (Å²) in [6.45, 7) is 5.05. The van der Waals surface area contributed by atoms with Gasteiger partial charge in [0.15, 0.2) is 0 Å². The summed E-state index contributed by atoms with van der Waals surface area (Å²) in [5.74, 6) is 0.0558. The average Bonchev–Trinajstić information content (AvgIpc) is 3.46. The summed E-state index contributed by atoms with van der Waals surface area (Å²) in [5.41, 5.74) is 1.34. The zero-order valence-corrected chi connectivity index (χ0v) is 15.8. The second-order valence-corrected chi connectivity index (χ2v) is 7.87. The van der Waals surface area contributed by atoms with Crippen LogP contribution in [0.25, 0.3) is 11.2 Å². The van der Waals surface area contributed by atoms with Gasteiger partial charge in [0, 0.05) is 51.5 Å². The van der Waals surface area contributed by atoms with Gasteiger partial charge in [-0.25, -0.2) is 9.37 Å². The zero-order valence-electron chi connectivity index (χ0n) is 15.8. The van der Waals surface area contributed by atoms with Crippen LogP contribution in [0, 0.1) is 0 Å². The van der Waals surface area contributed by atoms with Crippen molar-refractivity contribution in [3.8, 4) is 0 Å². The highest BCUT2D eigenvalue weighted by atomic mass is 19.1. The zero-order chi connectivity index (χ0) is 19.1. The number of piperazine rings is 1. The number of amides is 1. The molecule has 1 unspecified atom stereocenters. The first-order valence-electron chi connectivity index (χ1n) is 10.0. The summed E-state index contributed by atoms with van der Waals surface area (Å²) < 4.78 is 19.2. The Hall–Kier alpha value is -2.26. The topological polar surface area (TPSA) is 77.7 Å². The molecule has 0 aliphatic carbocycles. The molecule has 1 N–H and O–H groups in total. The minimum Gasteiger partial charge on any atom is -0.404 e. The Morgan fingerprint density at radius 2 is 2.11 bits per heavy atom. The van der Waals surface area contributed by atoms with Crippen LogP contribution in [0.15, 0.2) is 22.7 Å². The molecule has 3 atom stereocenters. The molecule has 0 spiro atoms. The van der Waals surface area contributed by atoms with Crippen LogP contribution in [0.4, 0.5) is 10.4 Å². The van der Waals surface area contributed by atoms with Gasteiger partial charge in [0.25, 0.3) is 6.01 Å². The predicted octanol–water partition coefficient (Wildman–Crippen LogP) is 0.646. The molecule has 1 amide bonds. The third-order valence-corrected chi connectivity index (χ3v) is 6.10. The Kier molecular flexibility index (Phi) is 4.64. The first-order valence-corrected chi connectivity index (χ1v) is 10.0. The number of carbonyl (C=O) groups is 1. The second-order valence-electron chi connectivity index (χ2n) is 7.87. The number of halogens is 1. The van der Waals surface area contributed by atoms with Crippen molar-refractivity contribution in [2.45, 2.75) is 31.1 Å². The fourth-order valence-corrected chi connectivity index (χ4v) is 4.49. The van der Waals surface area contributed by atoms with Crippen molar-refractivity contribution in [1.82, 2.24) is 25.1 Å². The minimum atomic E-state index is -0.865. The van der Waals surface area contributed by atoms with Gasteiger partial charge in [-0.05, 0) is 25.0 Å². The Morgan fingerprint density at radius 3 is 2.86 bits per heavy atom. The van der Waals surface area contributed by atoms with Gasteiger partial charge in [0.2, 0.25) is 11.6 Å². The van der Waals surface area contributed by atoms with E-state index in [1.54, 1.807) is 11.1 Å². The van der Waals surface area contributed by atoms with E-state index in [0.29, 0.717) is 30.7 Å². The molecule has 2 aromatic rings. The van der Waals surface area contributed by atoms with Crippen molar-refractivity contribution in [2.75, 3.05) is 50.7 Å². The average molecular weight is 388 g/mol. The maximum atomic E-state index is 13.4. The molecule has 3 aliphatic heterocycles. The number of pyridine rings is 1. The standard InChI is InChI=1S/C19H25FN6O2/c20-13-3-5-26(12-13)18(27)16-10-14(11-22-16)24-6-8-25(9-7-24)19-23-15-2-1-4-21-17(15)28-19/h1-2,4,13-14,16,22H,3,5-12H2/t13?,14-,16-/m0/s1. The smallest absolute Gasteiger partial charge is 0.299 e. The van der Waals surface area contributed by atoms with Crippen LogP contribution >= 0.6 is 0 Å². The highest BCUT2D eigenvalue weighted by Crippen LogP contribution is 2.24. The van der Waals surface area contributed by atoms with Crippen molar-refractivity contribution in [1.29, 1.82) is 0 Å². The van der Waals surface area contributed by atoms with Crippen LogP contribution in [-0.4, -0.2) is 89.7 Å². The minimum absolute atomic E-state index is 0.0558. The number of oxazole rings is 1. The number of alkyl halides is 1. The van der Waals surface area contributed by atoms with Crippen molar-refractivity contribution in [2.24, 2.45) is 0 Å². The van der Waals surface area contributed by atoms with E-state index < -0.39 is 6.17 Å². The van der Waals surface area contributed by atoms with Gasteiger partial charge < -0.3 is 19.5 Å². The summed E-state index contributed by atoms with van der Waals surface area (Å²) in [7, 11) is 0. The third kappa shape index (κ3) is 3.33. The SMILES string of the molecule is O=C([C@@H]1C[C@H](N2CCN(c3nc4cccnc4o3)CC2)CN1)N1CCC(F)C1. The largest absolute Gasteiger partial charge is 0.404 e. The predicted molar refractivity (Wildman–Crippen MR) is 102 cm³/mol. The molecular formula is C19H25FN6O2. The molecule has 150 valence electrons. The monoisotopic (exact) mass is 388 g/mol. The van der Waals surface area contributed by atoms with Crippen LogP contribution in [0.5, 0.6) is 0 Å². The van der Waals surface area contributed by atoms with Gasteiger partial charge >= 0.3 is 0 Å². The summed E-state index contributed by atoms with van der Waals surface area (Å²) in [4.78, 5) is 27.6. The van der Waals surface area contributed by atoms with Gasteiger partial charge in [-0.1, -0.05) is 0 Å². The number of nitrogens with zero attached hydrogens (tertiary/aromatic N) is 5. The molecule has 28 heavy (non-hydrogen) atoms. The lowest BCUT2D eigenvalue weighted by Crippen LogP contribution is -2.51. The van der Waals surface area contributed by atoms with Crippen LogP contribution in [-0.2, 0) is 4.79 Å². The molecule has 0 bridgehead atoms. The summed E-state index contributed by atoms with van der Waals surface area (Å²) >= 11 is 0. The first kappa shape index (κ1) is 17.8. The van der Waals surface area contributed by atoms with E-state index in [-0.39, 0.29) is 18.5 Å². The summed E-state index contributed by atoms with van der Waals surface area (Å²) in [6.07, 6.45) is 2.10. The van der Waals surface area contributed by atoms with E-state index in [9.17, 15) is 9.18 Å². The number of anilines is 1. The van der Waals surface area contributed by atoms with E-state index in [4.69, 9.17) is 4.42 Å². The molecule has 0 radical (unpaired) electrons. The number of likely N-dealkylation sites (tertiary alicyclic amines) is 1. The number of rotatable bonds is 3. The normalized spacial score (nSPS) is 29.1. The van der Waals surface area contributed by atoms with E-state index in [1.165, 1.54) is 0 Å². The summed E-state index contributed by atoms with van der Waals surface area (Å²) in [5, 5.41) is 3.35. The fraction of sp³-hybridized carbons (Fsp3) is 0.632. The highest BCUT2D eigenvalue weighted by Gasteiger charge is 2.38. The van der Waals surface area contributed by atoms with Crippen LogP contribution in [0.2, 0.25) is 0 Å². The molecule has 0 saturated carbocycles. The van der Waals surface area contributed by atoms with Gasteiger partial charge in [-0.3, -0.25) is 9.69 Å². The van der Waals surface area contributed by atoms with Crippen LogP contribution in [0.1, 0.15) is 12.8 Å². The molecule has 8 nitrogen and oxygen atoms in total. The number of fused-ring (bicyclic) bond motifs is 1. The molecule has 3 saturated heterocycles. The van der Waals surface area contributed by atoms with E-state index in [2.05, 4.69) is 25.1 Å². The number of aromatic nitrogens is 2. The third-order valence-electron chi connectivity index (χ3n) is 6.10. The molecule has 0 aromatic carbocycles. The van der Waals surface area contributed by atoms with Crippen LogP contribution < -0.4 is 10.2 Å². The lowest BCUT2D eigenvalue weighted by molar-refractivity contribution is -0.132. The maximum Gasteiger partial charge on any atom is 0.299 e. The highest BCUT2D eigenvalue weighted by molar-refractivity contribution is 5.82. The van der Waals surface area contributed by atoms with Crippen LogP contribution in [0.3, 0.4) is 0 Å². The number of nitrogens with one attached hydrogen (secondary N) is 1. The molecular weight excluding hydrogens is 363 g/mol. The van der Waals surface area contributed by atoms with Gasteiger partial charge in [0.1, 0.15) is 11.7 Å². The number of carbonyl (C=O) groups excluding carboxylic acids is 1. The molecule has 3 fully saturated rings. The van der Waals surface area contributed by atoms with E-state index in [0.717, 1.165) is 44.7 Å².